The minimum absolute atomic E-state index is 0.189. The molecule has 0 saturated carbocycles. The first-order valence-electron chi connectivity index (χ1n) is 9.52. The van der Waals surface area contributed by atoms with Crippen molar-refractivity contribution in [3.8, 4) is 11.5 Å². The summed E-state index contributed by atoms with van der Waals surface area (Å²) in [6.45, 7) is 0. The Morgan fingerprint density at radius 2 is 1.48 bits per heavy atom. The van der Waals surface area contributed by atoms with Gasteiger partial charge in [-0.05, 0) is 36.4 Å². The molecule has 0 bridgehead atoms. The molecule has 1 heterocycles. The first kappa shape index (κ1) is 20.6. The van der Waals surface area contributed by atoms with Crippen LogP contribution in [0, 0.1) is 0 Å². The summed E-state index contributed by atoms with van der Waals surface area (Å²) >= 11 is 1.25. The van der Waals surface area contributed by atoms with Crippen LogP contribution in [0.2, 0.25) is 0 Å². The number of nitrogens with one attached hydrogen (secondary N) is 1. The van der Waals surface area contributed by atoms with Gasteiger partial charge in [-0.1, -0.05) is 48.2 Å². The average Bonchev–Trinajstić information content (AvgIpc) is 3.04. The Morgan fingerprint density at radius 3 is 2.13 bits per heavy atom. The minimum Gasteiger partial charge on any atom is -0.497 e. The van der Waals surface area contributed by atoms with E-state index in [-0.39, 0.29) is 11.6 Å². The maximum Gasteiger partial charge on any atom is 0.283 e. The summed E-state index contributed by atoms with van der Waals surface area (Å²) in [5.74, 6) is 0.308. The third-order valence-corrected chi connectivity index (χ3v) is 5.78. The summed E-state index contributed by atoms with van der Waals surface area (Å²) in [5, 5.41) is 3.13. The zero-order valence-corrected chi connectivity index (χ0v) is 17.8. The van der Waals surface area contributed by atoms with Gasteiger partial charge in [-0.25, -0.2) is 4.90 Å². The fraction of sp³-hybridized carbons (Fsp3) is 0.0833. The molecular weight excluding hydrogens is 412 g/mol. The molecule has 0 atom stereocenters. The number of imide groups is 1. The molecule has 1 aliphatic rings. The second kappa shape index (κ2) is 8.97. The second-order valence-corrected chi connectivity index (χ2v) is 7.68. The van der Waals surface area contributed by atoms with Gasteiger partial charge in [0.05, 0.1) is 25.6 Å². The lowest BCUT2D eigenvalue weighted by Gasteiger charge is -2.16. The van der Waals surface area contributed by atoms with Gasteiger partial charge >= 0.3 is 0 Å². The molecule has 0 saturated heterocycles. The van der Waals surface area contributed by atoms with Crippen molar-refractivity contribution in [1.29, 1.82) is 0 Å². The van der Waals surface area contributed by atoms with Gasteiger partial charge in [0.2, 0.25) is 0 Å². The highest BCUT2D eigenvalue weighted by Gasteiger charge is 2.40. The van der Waals surface area contributed by atoms with Crippen LogP contribution < -0.4 is 19.7 Å². The highest BCUT2D eigenvalue weighted by Crippen LogP contribution is 2.39. The van der Waals surface area contributed by atoms with Crippen LogP contribution in [0.5, 0.6) is 11.5 Å². The number of amides is 2. The van der Waals surface area contributed by atoms with Gasteiger partial charge in [-0.3, -0.25) is 9.59 Å². The first-order valence-corrected chi connectivity index (χ1v) is 10.3. The van der Waals surface area contributed by atoms with Gasteiger partial charge in [0.25, 0.3) is 11.8 Å². The summed E-state index contributed by atoms with van der Waals surface area (Å²) in [6.07, 6.45) is 0. The van der Waals surface area contributed by atoms with Gasteiger partial charge in [-0.15, -0.1) is 0 Å². The zero-order chi connectivity index (χ0) is 21.8. The van der Waals surface area contributed by atoms with E-state index in [4.69, 9.17) is 9.47 Å². The van der Waals surface area contributed by atoms with Gasteiger partial charge < -0.3 is 14.8 Å². The Hall–Kier alpha value is -3.71. The number of benzene rings is 3. The third-order valence-electron chi connectivity index (χ3n) is 4.69. The highest BCUT2D eigenvalue weighted by atomic mass is 32.2. The van der Waals surface area contributed by atoms with Crippen molar-refractivity contribution in [3.05, 3.63) is 89.5 Å². The molecule has 0 spiro atoms. The molecule has 156 valence electrons. The topological polar surface area (TPSA) is 67.9 Å². The molecule has 0 aromatic heterocycles. The maximum absolute atomic E-state index is 13.4. The Kier molecular flexibility index (Phi) is 5.95. The van der Waals surface area contributed by atoms with Crippen LogP contribution in [0.25, 0.3) is 0 Å². The summed E-state index contributed by atoms with van der Waals surface area (Å²) in [5.41, 5.74) is 1.23. The van der Waals surface area contributed by atoms with Crippen LogP contribution in [0.1, 0.15) is 0 Å². The van der Waals surface area contributed by atoms with E-state index in [1.54, 1.807) is 56.7 Å². The molecule has 4 rings (SSSR count). The van der Waals surface area contributed by atoms with E-state index in [1.807, 2.05) is 36.4 Å². The summed E-state index contributed by atoms with van der Waals surface area (Å²) < 4.78 is 10.7. The molecule has 1 N–H and O–H groups in total. The van der Waals surface area contributed by atoms with Crippen molar-refractivity contribution in [3.63, 3.8) is 0 Å². The normalized spacial score (nSPS) is 13.5. The molecule has 31 heavy (non-hydrogen) atoms. The number of rotatable bonds is 7. The van der Waals surface area contributed by atoms with E-state index in [0.717, 1.165) is 4.90 Å². The summed E-state index contributed by atoms with van der Waals surface area (Å²) in [7, 11) is 3.10. The third kappa shape index (κ3) is 4.13. The van der Waals surface area contributed by atoms with Crippen molar-refractivity contribution in [2.45, 2.75) is 4.90 Å². The van der Waals surface area contributed by atoms with Crippen molar-refractivity contribution in [2.24, 2.45) is 0 Å². The molecule has 0 radical (unpaired) electrons. The number of nitrogens with zero attached hydrogens (tertiary/aromatic N) is 1. The predicted octanol–water partition coefficient (Wildman–Crippen LogP) is 4.69. The molecule has 0 unspecified atom stereocenters. The van der Waals surface area contributed by atoms with Gasteiger partial charge in [0.1, 0.15) is 22.1 Å². The monoisotopic (exact) mass is 432 g/mol. The molecular formula is C24H20N2O4S. The number of para-hydroxylation sites is 1. The van der Waals surface area contributed by atoms with Crippen molar-refractivity contribution < 1.29 is 19.1 Å². The van der Waals surface area contributed by atoms with Crippen LogP contribution in [0.15, 0.2) is 94.4 Å². The number of carbonyl (C=O) groups excluding carboxylic acids is 2. The largest absolute Gasteiger partial charge is 0.497 e. The van der Waals surface area contributed by atoms with E-state index in [2.05, 4.69) is 5.32 Å². The molecule has 3 aromatic rings. The number of carbonyl (C=O) groups is 2. The molecule has 6 nitrogen and oxygen atoms in total. The van der Waals surface area contributed by atoms with Crippen LogP contribution >= 0.6 is 11.8 Å². The SMILES string of the molecule is COc1ccc(OC)c(NC2=C(Sc3ccccc3)C(=O)N(c3ccccc3)C2=O)c1. The Balaban J connectivity index is 1.78. The number of methoxy groups -OCH3 is 2. The Bertz CT molecular complexity index is 1150. The van der Waals surface area contributed by atoms with Crippen molar-refractivity contribution in [2.75, 3.05) is 24.4 Å². The van der Waals surface area contributed by atoms with Crippen molar-refractivity contribution in [1.82, 2.24) is 0 Å². The van der Waals surface area contributed by atoms with Crippen molar-refractivity contribution >= 4 is 35.0 Å². The molecule has 2 amide bonds. The van der Waals surface area contributed by atoms with Crippen LogP contribution in [-0.2, 0) is 9.59 Å². The predicted molar refractivity (Wildman–Crippen MR) is 121 cm³/mol. The Morgan fingerprint density at radius 1 is 0.806 bits per heavy atom. The fourth-order valence-electron chi connectivity index (χ4n) is 3.18. The van der Waals surface area contributed by atoms with Gasteiger partial charge in [0.15, 0.2) is 0 Å². The van der Waals surface area contributed by atoms with Crippen LogP contribution in [-0.4, -0.2) is 26.0 Å². The van der Waals surface area contributed by atoms with E-state index in [9.17, 15) is 9.59 Å². The molecule has 7 heteroatoms. The van der Waals surface area contributed by atoms with E-state index in [0.29, 0.717) is 27.8 Å². The molecule has 3 aromatic carbocycles. The zero-order valence-electron chi connectivity index (χ0n) is 17.0. The quantitative estimate of drug-likeness (QED) is 0.546. The fourth-order valence-corrected chi connectivity index (χ4v) is 4.13. The standard InChI is InChI=1S/C24H20N2O4S/c1-29-17-13-14-20(30-2)19(15-17)25-21-22(31-18-11-7-4-8-12-18)24(28)26(23(21)27)16-9-5-3-6-10-16/h3-15,25H,1-2H3. The Labute approximate surface area is 184 Å². The second-order valence-electron chi connectivity index (χ2n) is 6.59. The lowest BCUT2D eigenvalue weighted by Crippen LogP contribution is -2.32. The van der Waals surface area contributed by atoms with Gasteiger partial charge in [-0.2, -0.15) is 0 Å². The number of anilines is 2. The number of hydrogen-bond donors (Lipinski definition) is 1. The first-order chi connectivity index (χ1) is 15.1. The molecule has 0 fully saturated rings. The smallest absolute Gasteiger partial charge is 0.283 e. The minimum atomic E-state index is -0.431. The van der Waals surface area contributed by atoms with Crippen LogP contribution in [0.4, 0.5) is 11.4 Å². The lowest BCUT2D eigenvalue weighted by atomic mass is 10.2. The maximum atomic E-state index is 13.4. The summed E-state index contributed by atoms with van der Waals surface area (Å²) in [6, 6.07) is 23.6. The molecule has 0 aliphatic carbocycles. The highest BCUT2D eigenvalue weighted by molar-refractivity contribution is 8.04. The van der Waals surface area contributed by atoms with E-state index < -0.39 is 5.91 Å². The van der Waals surface area contributed by atoms with Crippen LogP contribution in [0.3, 0.4) is 0 Å². The van der Waals surface area contributed by atoms with E-state index >= 15 is 0 Å². The van der Waals surface area contributed by atoms with Gasteiger partial charge in [0, 0.05) is 11.0 Å². The molecule has 1 aliphatic heterocycles. The van der Waals surface area contributed by atoms with E-state index in [1.165, 1.54) is 16.7 Å². The lowest BCUT2D eigenvalue weighted by molar-refractivity contribution is -0.120. The number of hydrogen-bond acceptors (Lipinski definition) is 6. The number of ether oxygens (including phenoxy) is 2. The number of thioether (sulfide) groups is 1. The average molecular weight is 433 g/mol. The summed E-state index contributed by atoms with van der Waals surface area (Å²) in [4.78, 5) is 29.0.